The summed E-state index contributed by atoms with van der Waals surface area (Å²) in [5.41, 5.74) is 3.34. The van der Waals surface area contributed by atoms with Gasteiger partial charge < -0.3 is 14.5 Å². The minimum Gasteiger partial charge on any atom is -0.466 e. The number of methoxy groups -OCH3 is 1. The van der Waals surface area contributed by atoms with Crippen LogP contribution in [0.5, 0.6) is 0 Å². The van der Waals surface area contributed by atoms with Crippen molar-refractivity contribution in [2.24, 2.45) is 5.41 Å². The van der Waals surface area contributed by atoms with E-state index in [1.54, 1.807) is 0 Å². The fourth-order valence-corrected chi connectivity index (χ4v) is 4.90. The van der Waals surface area contributed by atoms with Crippen LogP contribution in [0.15, 0.2) is 67.8 Å². The highest BCUT2D eigenvalue weighted by Crippen LogP contribution is 2.47. The zero-order valence-corrected chi connectivity index (χ0v) is 19.1. The van der Waals surface area contributed by atoms with Crippen LogP contribution < -0.4 is 5.32 Å². The summed E-state index contributed by atoms with van der Waals surface area (Å²) in [5.74, 6) is 0.208. The van der Waals surface area contributed by atoms with Gasteiger partial charge in [0, 0.05) is 33.4 Å². The van der Waals surface area contributed by atoms with E-state index in [-0.39, 0.29) is 11.2 Å². The molecule has 1 aliphatic heterocycles. The van der Waals surface area contributed by atoms with E-state index in [1.165, 1.54) is 7.11 Å². The van der Waals surface area contributed by atoms with Gasteiger partial charge in [-0.05, 0) is 37.0 Å². The predicted molar refractivity (Wildman–Crippen MR) is 117 cm³/mol. The number of esters is 1. The molecule has 1 N–H and O–H groups in total. The summed E-state index contributed by atoms with van der Waals surface area (Å²) >= 11 is 3.55. The van der Waals surface area contributed by atoms with Crippen LogP contribution in [0.1, 0.15) is 45.3 Å². The number of dihydropyridines is 1. The van der Waals surface area contributed by atoms with Crippen molar-refractivity contribution in [3.05, 3.63) is 69.2 Å². The number of ether oxygens (including phenoxy) is 1. The second-order valence-electron chi connectivity index (χ2n) is 8.60. The van der Waals surface area contributed by atoms with Gasteiger partial charge in [-0.3, -0.25) is 4.79 Å². The smallest absolute Gasteiger partial charge is 0.336 e. The van der Waals surface area contributed by atoms with Crippen LogP contribution in [0.4, 0.5) is 0 Å². The summed E-state index contributed by atoms with van der Waals surface area (Å²) in [6.45, 7) is 6.00. The average molecular weight is 470 g/mol. The number of rotatable bonds is 3. The minimum atomic E-state index is -0.589. The molecule has 0 saturated carbocycles. The van der Waals surface area contributed by atoms with Gasteiger partial charge in [0.25, 0.3) is 0 Å². The fourth-order valence-electron chi connectivity index (χ4n) is 4.41. The van der Waals surface area contributed by atoms with Gasteiger partial charge in [-0.25, -0.2) is 4.79 Å². The Kier molecular flexibility index (Phi) is 5.22. The van der Waals surface area contributed by atoms with Crippen LogP contribution in [-0.4, -0.2) is 18.9 Å². The second-order valence-corrected chi connectivity index (χ2v) is 9.46. The van der Waals surface area contributed by atoms with E-state index in [0.29, 0.717) is 34.8 Å². The maximum atomic E-state index is 13.2. The van der Waals surface area contributed by atoms with Crippen LogP contribution in [0.3, 0.4) is 0 Å². The van der Waals surface area contributed by atoms with Gasteiger partial charge in [0.1, 0.15) is 11.5 Å². The number of ketones is 1. The molecule has 0 fully saturated rings. The van der Waals surface area contributed by atoms with Crippen LogP contribution in [0, 0.1) is 5.41 Å². The number of benzene rings is 1. The second kappa shape index (κ2) is 7.58. The summed E-state index contributed by atoms with van der Waals surface area (Å²) in [7, 11) is 1.35. The average Bonchev–Trinajstić information content (AvgIpc) is 3.15. The molecule has 2 aromatic rings. The Morgan fingerprint density at radius 2 is 1.93 bits per heavy atom. The number of carbonyl (C=O) groups is 2. The predicted octanol–water partition coefficient (Wildman–Crippen LogP) is 5.49. The van der Waals surface area contributed by atoms with E-state index in [2.05, 4.69) is 35.1 Å². The number of Topliss-reactive ketones (excluding diaryl/α,β-unsaturated/α-hetero) is 1. The molecule has 0 saturated heterocycles. The van der Waals surface area contributed by atoms with Gasteiger partial charge >= 0.3 is 5.97 Å². The molecular formula is C24H24BrNO4. The number of carbonyl (C=O) groups excluding carboxylic acids is 2. The third-order valence-electron chi connectivity index (χ3n) is 5.70. The molecule has 2 heterocycles. The van der Waals surface area contributed by atoms with Crippen molar-refractivity contribution in [3.63, 3.8) is 0 Å². The normalized spacial score (nSPS) is 20.7. The highest BCUT2D eigenvalue weighted by atomic mass is 79.9. The first-order chi connectivity index (χ1) is 14.2. The van der Waals surface area contributed by atoms with Gasteiger partial charge in [0.05, 0.1) is 18.6 Å². The number of halogens is 1. The lowest BCUT2D eigenvalue weighted by molar-refractivity contribution is -0.136. The van der Waals surface area contributed by atoms with E-state index < -0.39 is 11.9 Å². The fraction of sp³-hybridized carbons (Fsp3) is 0.333. The van der Waals surface area contributed by atoms with Crippen molar-refractivity contribution in [2.75, 3.05) is 7.11 Å². The molecule has 4 rings (SSSR count). The Hall–Kier alpha value is -2.60. The van der Waals surface area contributed by atoms with E-state index in [1.807, 2.05) is 43.3 Å². The van der Waals surface area contributed by atoms with E-state index in [4.69, 9.17) is 9.15 Å². The molecule has 30 heavy (non-hydrogen) atoms. The third-order valence-corrected chi connectivity index (χ3v) is 6.39. The van der Waals surface area contributed by atoms with Gasteiger partial charge in [-0.1, -0.05) is 48.0 Å². The lowest BCUT2D eigenvalue weighted by atomic mass is 9.69. The highest BCUT2D eigenvalue weighted by molar-refractivity contribution is 9.10. The number of allylic oxidation sites excluding steroid dienone is 3. The molecule has 2 aliphatic rings. The minimum absolute atomic E-state index is 0.0338. The summed E-state index contributed by atoms with van der Waals surface area (Å²) in [5, 5.41) is 3.31. The first-order valence-corrected chi connectivity index (χ1v) is 10.7. The zero-order valence-electron chi connectivity index (χ0n) is 17.5. The maximum absolute atomic E-state index is 13.2. The molecule has 1 aliphatic carbocycles. The van der Waals surface area contributed by atoms with Crippen molar-refractivity contribution in [2.45, 2.75) is 39.5 Å². The Labute approximate surface area is 184 Å². The summed E-state index contributed by atoms with van der Waals surface area (Å²) < 4.78 is 12.2. The monoisotopic (exact) mass is 469 g/mol. The Morgan fingerprint density at radius 3 is 2.63 bits per heavy atom. The van der Waals surface area contributed by atoms with Crippen LogP contribution in [-0.2, 0) is 14.3 Å². The summed E-state index contributed by atoms with van der Waals surface area (Å²) in [6.07, 6.45) is 1.16. The van der Waals surface area contributed by atoms with E-state index in [9.17, 15) is 9.59 Å². The van der Waals surface area contributed by atoms with E-state index >= 15 is 0 Å². The Morgan fingerprint density at radius 1 is 1.20 bits per heavy atom. The molecule has 1 atom stereocenters. The number of hydrogen-bond donors (Lipinski definition) is 1. The number of furan rings is 1. The molecule has 0 spiro atoms. The molecule has 5 nitrogen and oxygen atoms in total. The molecule has 1 aromatic heterocycles. The lowest BCUT2D eigenvalue weighted by Crippen LogP contribution is -2.38. The highest BCUT2D eigenvalue weighted by Gasteiger charge is 2.44. The van der Waals surface area contributed by atoms with Crippen molar-refractivity contribution >= 4 is 27.7 Å². The number of nitrogens with one attached hydrogen (secondary N) is 1. The van der Waals surface area contributed by atoms with Gasteiger partial charge in [0.15, 0.2) is 5.78 Å². The summed E-state index contributed by atoms with van der Waals surface area (Å²) in [6, 6.07) is 11.5. The van der Waals surface area contributed by atoms with Gasteiger partial charge in [-0.2, -0.15) is 0 Å². The molecular weight excluding hydrogens is 446 g/mol. The summed E-state index contributed by atoms with van der Waals surface area (Å²) in [4.78, 5) is 25.9. The van der Waals surface area contributed by atoms with Crippen LogP contribution >= 0.6 is 15.9 Å². The molecule has 0 amide bonds. The Bertz CT molecular complexity index is 1110. The molecule has 0 radical (unpaired) electrons. The molecule has 0 unspecified atom stereocenters. The van der Waals surface area contributed by atoms with Crippen LogP contribution in [0.2, 0.25) is 0 Å². The largest absolute Gasteiger partial charge is 0.466 e. The van der Waals surface area contributed by atoms with Crippen LogP contribution in [0.25, 0.3) is 11.3 Å². The number of hydrogen-bond acceptors (Lipinski definition) is 5. The topological polar surface area (TPSA) is 68.5 Å². The van der Waals surface area contributed by atoms with Crippen molar-refractivity contribution < 1.29 is 18.7 Å². The molecule has 0 bridgehead atoms. The van der Waals surface area contributed by atoms with Crippen molar-refractivity contribution in [1.29, 1.82) is 0 Å². The zero-order chi connectivity index (χ0) is 21.6. The molecule has 1 aromatic carbocycles. The standard InChI is InChI=1S/C24H24BrNO4/c1-13-20(23(28)29-4)22(21-16(26-13)11-24(2,3)12-17(21)27)19-10-9-18(30-19)14-7-5-6-8-15(14)25/h5-10,22,26H,11-12H2,1-4H3/t22-/m1/s1. The first kappa shape index (κ1) is 20.7. The lowest BCUT2D eigenvalue weighted by Gasteiger charge is -2.38. The van der Waals surface area contributed by atoms with Gasteiger partial charge in [0.2, 0.25) is 0 Å². The third kappa shape index (κ3) is 3.54. The molecule has 156 valence electrons. The van der Waals surface area contributed by atoms with Crippen molar-refractivity contribution in [1.82, 2.24) is 5.32 Å². The maximum Gasteiger partial charge on any atom is 0.336 e. The van der Waals surface area contributed by atoms with Gasteiger partial charge in [-0.15, -0.1) is 0 Å². The molecule has 6 heteroatoms. The first-order valence-electron chi connectivity index (χ1n) is 9.89. The van der Waals surface area contributed by atoms with Crippen molar-refractivity contribution in [3.8, 4) is 11.3 Å². The SMILES string of the molecule is COC(=O)C1=C(C)NC2=C(C(=O)CC(C)(C)C2)[C@@H]1c1ccc(-c2ccccc2Br)o1. The quantitative estimate of drug-likeness (QED) is 0.602. The van der Waals surface area contributed by atoms with E-state index in [0.717, 1.165) is 22.2 Å². The Balaban J connectivity index is 1.86.